The largest absolute Gasteiger partial charge is 0.448 e. The quantitative estimate of drug-likeness (QED) is 0.620. The summed E-state index contributed by atoms with van der Waals surface area (Å²) in [5.74, 6) is -1.05. The van der Waals surface area contributed by atoms with E-state index < -0.39 is 12.1 Å². The van der Waals surface area contributed by atoms with Crippen LogP contribution in [0.1, 0.15) is 48.7 Å². The van der Waals surface area contributed by atoms with Crippen molar-refractivity contribution in [3.05, 3.63) is 76.2 Å². The number of esters is 1. The van der Waals surface area contributed by atoms with E-state index in [1.54, 1.807) is 31.2 Å². The van der Waals surface area contributed by atoms with Gasteiger partial charge in [-0.3, -0.25) is 9.59 Å². The highest BCUT2D eigenvalue weighted by atomic mass is 16.5. The summed E-state index contributed by atoms with van der Waals surface area (Å²) < 4.78 is 6.69. The molecule has 2 aromatic carbocycles. The van der Waals surface area contributed by atoms with Crippen molar-refractivity contribution in [2.45, 2.75) is 51.3 Å². The van der Waals surface area contributed by atoms with E-state index in [9.17, 15) is 14.4 Å². The average molecular weight is 419 g/mol. The smallest absolute Gasteiger partial charge is 0.360 e. The fraction of sp³-hybridized carbons (Fsp3) is 0.333. The maximum Gasteiger partial charge on any atom is 0.360 e. The summed E-state index contributed by atoms with van der Waals surface area (Å²) in [6, 6.07) is 16.4. The van der Waals surface area contributed by atoms with Gasteiger partial charge in [-0.05, 0) is 31.4 Å². The molecule has 1 amide bonds. The summed E-state index contributed by atoms with van der Waals surface area (Å²) in [6.45, 7) is 1.77. The van der Waals surface area contributed by atoms with Crippen LogP contribution in [0.25, 0.3) is 10.8 Å². The highest BCUT2D eigenvalue weighted by molar-refractivity contribution is 6.02. The number of nitrogens with zero attached hydrogens (tertiary/aromatic N) is 2. The third-order valence-corrected chi connectivity index (χ3v) is 5.59. The number of hydrogen-bond donors (Lipinski definition) is 1. The molecular formula is C24H25N3O4. The summed E-state index contributed by atoms with van der Waals surface area (Å²) in [5, 5.41) is 8.03. The van der Waals surface area contributed by atoms with E-state index in [0.717, 1.165) is 31.2 Å². The van der Waals surface area contributed by atoms with Gasteiger partial charge in [0.2, 0.25) is 0 Å². The van der Waals surface area contributed by atoms with Gasteiger partial charge in [-0.25, -0.2) is 9.48 Å². The standard InChI is InChI=1S/C24H25N3O4/c1-16(22(28)25-18-11-5-6-12-18)31-24(30)21-19-13-7-8-14-20(19)23(29)27(26-21)15-17-9-3-2-4-10-17/h2-4,7-10,13-14,16,18H,5-6,11-12,15H2,1H3,(H,25,28)/t16-/m0/s1. The van der Waals surface area contributed by atoms with E-state index in [-0.39, 0.29) is 29.7 Å². The van der Waals surface area contributed by atoms with Gasteiger partial charge in [-0.15, -0.1) is 0 Å². The predicted octanol–water partition coefficient (Wildman–Crippen LogP) is 3.05. The summed E-state index contributed by atoms with van der Waals surface area (Å²) in [4.78, 5) is 38.3. The van der Waals surface area contributed by atoms with Gasteiger partial charge in [-0.1, -0.05) is 61.4 Å². The van der Waals surface area contributed by atoms with Crippen LogP contribution >= 0.6 is 0 Å². The van der Waals surface area contributed by atoms with Gasteiger partial charge in [-0.2, -0.15) is 5.10 Å². The topological polar surface area (TPSA) is 90.3 Å². The Kier molecular flexibility index (Phi) is 6.11. The van der Waals surface area contributed by atoms with Crippen molar-refractivity contribution in [1.82, 2.24) is 15.1 Å². The fourth-order valence-corrected chi connectivity index (χ4v) is 3.91. The molecule has 0 unspecified atom stereocenters. The molecule has 0 aliphatic heterocycles. The molecule has 31 heavy (non-hydrogen) atoms. The van der Waals surface area contributed by atoms with Crippen molar-refractivity contribution >= 4 is 22.6 Å². The van der Waals surface area contributed by atoms with Gasteiger partial charge in [0.1, 0.15) is 0 Å². The molecule has 1 aliphatic carbocycles. The summed E-state index contributed by atoms with van der Waals surface area (Å²) in [5.41, 5.74) is 0.616. The van der Waals surface area contributed by atoms with Crippen molar-refractivity contribution in [3.8, 4) is 0 Å². The molecule has 3 aromatic rings. The maximum absolute atomic E-state index is 12.9. The number of carbonyl (C=O) groups excluding carboxylic acids is 2. The number of aromatic nitrogens is 2. The number of benzene rings is 2. The molecule has 1 heterocycles. The summed E-state index contributed by atoms with van der Waals surface area (Å²) in [7, 11) is 0. The van der Waals surface area contributed by atoms with E-state index in [4.69, 9.17) is 4.74 Å². The van der Waals surface area contributed by atoms with Crippen molar-refractivity contribution in [1.29, 1.82) is 0 Å². The minimum absolute atomic E-state index is 0.0200. The molecule has 0 bridgehead atoms. The van der Waals surface area contributed by atoms with Gasteiger partial charge < -0.3 is 10.1 Å². The SMILES string of the molecule is C[C@H](OC(=O)c1nn(Cc2ccccc2)c(=O)c2ccccc12)C(=O)NC1CCCC1. The minimum atomic E-state index is -0.955. The zero-order valence-corrected chi connectivity index (χ0v) is 17.4. The van der Waals surface area contributed by atoms with Crippen LogP contribution in [0.15, 0.2) is 59.4 Å². The van der Waals surface area contributed by atoms with Crippen molar-refractivity contribution in [2.24, 2.45) is 0 Å². The molecule has 7 nitrogen and oxygen atoms in total. The Balaban J connectivity index is 1.61. The molecular weight excluding hydrogens is 394 g/mol. The number of fused-ring (bicyclic) bond motifs is 1. The van der Waals surface area contributed by atoms with Gasteiger partial charge >= 0.3 is 5.97 Å². The molecule has 1 N–H and O–H groups in total. The summed E-state index contributed by atoms with van der Waals surface area (Å²) in [6.07, 6.45) is 3.13. The van der Waals surface area contributed by atoms with E-state index in [1.165, 1.54) is 4.68 Å². The van der Waals surface area contributed by atoms with Crippen LogP contribution in [0.2, 0.25) is 0 Å². The molecule has 1 fully saturated rings. The first-order valence-corrected chi connectivity index (χ1v) is 10.6. The van der Waals surface area contributed by atoms with E-state index in [0.29, 0.717) is 10.8 Å². The predicted molar refractivity (Wildman–Crippen MR) is 117 cm³/mol. The Labute approximate surface area is 180 Å². The third kappa shape index (κ3) is 4.66. The Morgan fingerprint density at radius 2 is 1.71 bits per heavy atom. The lowest BCUT2D eigenvalue weighted by atomic mass is 10.1. The Bertz CT molecular complexity index is 1150. The van der Waals surface area contributed by atoms with Gasteiger partial charge in [0.05, 0.1) is 11.9 Å². The van der Waals surface area contributed by atoms with Crippen LogP contribution in [0.5, 0.6) is 0 Å². The van der Waals surface area contributed by atoms with Gasteiger partial charge in [0.15, 0.2) is 11.8 Å². The molecule has 4 rings (SSSR count). The van der Waals surface area contributed by atoms with Crippen LogP contribution in [0, 0.1) is 0 Å². The molecule has 0 saturated heterocycles. The molecule has 160 valence electrons. The van der Waals surface area contributed by atoms with E-state index in [1.807, 2.05) is 30.3 Å². The number of amides is 1. The van der Waals surface area contributed by atoms with Crippen LogP contribution in [-0.4, -0.2) is 33.8 Å². The summed E-state index contributed by atoms with van der Waals surface area (Å²) >= 11 is 0. The zero-order chi connectivity index (χ0) is 21.8. The average Bonchev–Trinajstić information content (AvgIpc) is 3.29. The van der Waals surface area contributed by atoms with Crippen molar-refractivity contribution in [2.75, 3.05) is 0 Å². The number of nitrogens with one attached hydrogen (secondary N) is 1. The third-order valence-electron chi connectivity index (χ3n) is 5.59. The molecule has 7 heteroatoms. The Morgan fingerprint density at radius 1 is 1.06 bits per heavy atom. The number of hydrogen-bond acceptors (Lipinski definition) is 5. The van der Waals surface area contributed by atoms with Crippen molar-refractivity contribution in [3.63, 3.8) is 0 Å². The zero-order valence-electron chi connectivity index (χ0n) is 17.4. The monoisotopic (exact) mass is 419 g/mol. The van der Waals surface area contributed by atoms with Gasteiger partial charge in [0.25, 0.3) is 11.5 Å². The molecule has 1 saturated carbocycles. The van der Waals surface area contributed by atoms with E-state index in [2.05, 4.69) is 10.4 Å². The van der Waals surface area contributed by atoms with Crippen LogP contribution in [0.3, 0.4) is 0 Å². The lowest BCUT2D eigenvalue weighted by Crippen LogP contribution is -2.41. The highest BCUT2D eigenvalue weighted by Gasteiger charge is 2.25. The minimum Gasteiger partial charge on any atom is -0.448 e. The second-order valence-electron chi connectivity index (χ2n) is 7.88. The van der Waals surface area contributed by atoms with E-state index >= 15 is 0 Å². The second kappa shape index (κ2) is 9.12. The first kappa shape index (κ1) is 20.8. The molecule has 1 aliphatic rings. The van der Waals surface area contributed by atoms with Crippen LogP contribution < -0.4 is 10.9 Å². The fourth-order valence-electron chi connectivity index (χ4n) is 3.91. The van der Waals surface area contributed by atoms with Crippen LogP contribution in [-0.2, 0) is 16.1 Å². The lowest BCUT2D eigenvalue weighted by Gasteiger charge is -2.17. The molecule has 0 spiro atoms. The number of rotatable bonds is 6. The number of ether oxygens (including phenoxy) is 1. The first-order valence-electron chi connectivity index (χ1n) is 10.6. The Morgan fingerprint density at radius 3 is 2.42 bits per heavy atom. The maximum atomic E-state index is 12.9. The molecule has 1 aromatic heterocycles. The van der Waals surface area contributed by atoms with Crippen molar-refractivity contribution < 1.29 is 14.3 Å². The number of carbonyl (C=O) groups is 2. The molecule has 0 radical (unpaired) electrons. The van der Waals surface area contributed by atoms with Crippen LogP contribution in [0.4, 0.5) is 0 Å². The van der Waals surface area contributed by atoms with Gasteiger partial charge in [0, 0.05) is 11.4 Å². The normalized spacial score (nSPS) is 15.0. The first-order chi connectivity index (χ1) is 15.0. The second-order valence-corrected chi connectivity index (χ2v) is 7.88. The Hall–Kier alpha value is -3.48. The molecule has 1 atom stereocenters. The highest BCUT2D eigenvalue weighted by Crippen LogP contribution is 2.19. The lowest BCUT2D eigenvalue weighted by molar-refractivity contribution is -0.129.